The van der Waals surface area contributed by atoms with Gasteiger partial charge >= 0.3 is 0 Å². The van der Waals surface area contributed by atoms with E-state index in [1.54, 1.807) is 7.11 Å². The Hall–Kier alpha value is -0.140. The standard InChI is InChI=1S/C15H21Br2NO3/c1-3-21-14-12(16)6-11(7-13(14)17)8-18-9-15(19-2)4-5-20-10-15/h6-7,18H,3-5,8-10H2,1-2H3. The Kier molecular flexibility index (Phi) is 6.50. The maximum atomic E-state index is 5.61. The first-order valence-electron chi connectivity index (χ1n) is 7.04. The molecule has 1 atom stereocenters. The van der Waals surface area contributed by atoms with E-state index in [0.29, 0.717) is 13.2 Å². The number of rotatable bonds is 7. The first kappa shape index (κ1) is 17.2. The van der Waals surface area contributed by atoms with Crippen LogP contribution in [0.2, 0.25) is 0 Å². The molecule has 0 saturated carbocycles. The summed E-state index contributed by atoms with van der Waals surface area (Å²) in [6.07, 6.45) is 0.938. The molecule has 4 nitrogen and oxygen atoms in total. The second-order valence-corrected chi connectivity index (χ2v) is 6.82. The number of methoxy groups -OCH3 is 1. The lowest BCUT2D eigenvalue weighted by molar-refractivity contribution is -0.0159. The highest BCUT2D eigenvalue weighted by molar-refractivity contribution is 9.11. The second kappa shape index (κ2) is 7.92. The molecular weight excluding hydrogens is 402 g/mol. The van der Waals surface area contributed by atoms with Gasteiger partial charge in [0, 0.05) is 33.2 Å². The fourth-order valence-electron chi connectivity index (χ4n) is 2.39. The molecule has 2 rings (SSSR count). The molecule has 1 saturated heterocycles. The smallest absolute Gasteiger partial charge is 0.147 e. The first-order valence-corrected chi connectivity index (χ1v) is 8.63. The second-order valence-electron chi connectivity index (χ2n) is 5.11. The van der Waals surface area contributed by atoms with Crippen molar-refractivity contribution in [1.29, 1.82) is 0 Å². The van der Waals surface area contributed by atoms with E-state index in [9.17, 15) is 0 Å². The van der Waals surface area contributed by atoms with Gasteiger partial charge < -0.3 is 19.5 Å². The molecule has 1 aliphatic heterocycles. The molecule has 21 heavy (non-hydrogen) atoms. The van der Waals surface area contributed by atoms with Gasteiger partial charge in [0.2, 0.25) is 0 Å². The molecule has 0 radical (unpaired) electrons. The van der Waals surface area contributed by atoms with Gasteiger partial charge in [0.05, 0.1) is 22.2 Å². The van der Waals surface area contributed by atoms with Gasteiger partial charge in [0.25, 0.3) is 0 Å². The zero-order valence-electron chi connectivity index (χ0n) is 12.4. The lowest BCUT2D eigenvalue weighted by Crippen LogP contribution is -2.42. The van der Waals surface area contributed by atoms with Gasteiger partial charge in [-0.05, 0) is 56.5 Å². The monoisotopic (exact) mass is 421 g/mol. The van der Waals surface area contributed by atoms with Gasteiger partial charge in [-0.1, -0.05) is 0 Å². The maximum Gasteiger partial charge on any atom is 0.147 e. The molecule has 1 fully saturated rings. The first-order chi connectivity index (χ1) is 10.1. The normalized spacial score (nSPS) is 21.7. The SMILES string of the molecule is CCOc1c(Br)cc(CNCC2(OC)CCOC2)cc1Br. The Morgan fingerprint density at radius 1 is 1.33 bits per heavy atom. The van der Waals surface area contributed by atoms with Crippen LogP contribution in [0.4, 0.5) is 0 Å². The Morgan fingerprint density at radius 2 is 2.05 bits per heavy atom. The van der Waals surface area contributed by atoms with E-state index < -0.39 is 0 Å². The minimum absolute atomic E-state index is 0.181. The van der Waals surface area contributed by atoms with Crippen molar-refractivity contribution in [3.8, 4) is 5.75 Å². The van der Waals surface area contributed by atoms with Crippen LogP contribution in [0.15, 0.2) is 21.1 Å². The van der Waals surface area contributed by atoms with E-state index in [4.69, 9.17) is 14.2 Å². The average molecular weight is 423 g/mol. The van der Waals surface area contributed by atoms with Crippen molar-refractivity contribution in [2.45, 2.75) is 25.5 Å². The molecule has 1 N–H and O–H groups in total. The zero-order valence-corrected chi connectivity index (χ0v) is 15.6. The van der Waals surface area contributed by atoms with Crippen molar-refractivity contribution in [2.24, 2.45) is 0 Å². The summed E-state index contributed by atoms with van der Waals surface area (Å²) in [4.78, 5) is 0. The molecule has 0 aromatic heterocycles. The minimum Gasteiger partial charge on any atom is -0.492 e. The predicted molar refractivity (Wildman–Crippen MR) is 89.9 cm³/mol. The molecular formula is C15H21Br2NO3. The third-order valence-corrected chi connectivity index (χ3v) is 4.80. The minimum atomic E-state index is -0.181. The van der Waals surface area contributed by atoms with E-state index in [0.717, 1.165) is 40.8 Å². The summed E-state index contributed by atoms with van der Waals surface area (Å²) in [6.45, 7) is 5.61. The molecule has 0 spiro atoms. The molecule has 1 aliphatic rings. The summed E-state index contributed by atoms with van der Waals surface area (Å²) in [5.41, 5.74) is 1.00. The summed E-state index contributed by atoms with van der Waals surface area (Å²) in [5.74, 6) is 0.846. The molecule has 0 aliphatic carbocycles. The lowest BCUT2D eigenvalue weighted by Gasteiger charge is -2.26. The number of benzene rings is 1. The van der Waals surface area contributed by atoms with E-state index in [-0.39, 0.29) is 5.60 Å². The molecule has 6 heteroatoms. The summed E-state index contributed by atoms with van der Waals surface area (Å²) in [5, 5.41) is 3.45. The molecule has 1 heterocycles. The Balaban J connectivity index is 1.94. The summed E-state index contributed by atoms with van der Waals surface area (Å²) in [6, 6.07) is 4.15. The summed E-state index contributed by atoms with van der Waals surface area (Å²) < 4.78 is 18.6. The van der Waals surface area contributed by atoms with Gasteiger partial charge in [0.1, 0.15) is 11.4 Å². The summed E-state index contributed by atoms with van der Waals surface area (Å²) >= 11 is 7.11. The quantitative estimate of drug-likeness (QED) is 0.729. The Labute approximate surface area is 142 Å². The number of halogens is 2. The maximum absolute atomic E-state index is 5.61. The topological polar surface area (TPSA) is 39.7 Å². The van der Waals surface area contributed by atoms with Crippen molar-refractivity contribution in [1.82, 2.24) is 5.32 Å². The lowest BCUT2D eigenvalue weighted by atomic mass is 10.0. The van der Waals surface area contributed by atoms with Crippen molar-refractivity contribution in [2.75, 3.05) is 33.5 Å². The van der Waals surface area contributed by atoms with Crippen LogP contribution in [0.3, 0.4) is 0 Å². The molecule has 118 valence electrons. The highest BCUT2D eigenvalue weighted by Crippen LogP contribution is 2.34. The largest absolute Gasteiger partial charge is 0.492 e. The van der Waals surface area contributed by atoms with Crippen LogP contribution in [0, 0.1) is 0 Å². The van der Waals surface area contributed by atoms with Crippen LogP contribution in [-0.2, 0) is 16.0 Å². The van der Waals surface area contributed by atoms with Crippen molar-refractivity contribution in [3.63, 3.8) is 0 Å². The Bertz CT molecular complexity index is 453. The summed E-state index contributed by atoms with van der Waals surface area (Å²) in [7, 11) is 1.75. The van der Waals surface area contributed by atoms with Gasteiger partial charge in [-0.25, -0.2) is 0 Å². The Morgan fingerprint density at radius 3 is 2.57 bits per heavy atom. The van der Waals surface area contributed by atoms with Crippen LogP contribution in [0.5, 0.6) is 5.75 Å². The fourth-order valence-corrected chi connectivity index (χ4v) is 3.90. The number of ether oxygens (including phenoxy) is 3. The molecule has 1 aromatic carbocycles. The highest BCUT2D eigenvalue weighted by Gasteiger charge is 2.34. The highest BCUT2D eigenvalue weighted by atomic mass is 79.9. The number of hydrogen-bond donors (Lipinski definition) is 1. The van der Waals surface area contributed by atoms with Gasteiger partial charge in [-0.15, -0.1) is 0 Å². The average Bonchev–Trinajstić information content (AvgIpc) is 2.92. The third kappa shape index (κ3) is 4.42. The van der Waals surface area contributed by atoms with Crippen LogP contribution in [-0.4, -0.2) is 39.1 Å². The number of nitrogens with one attached hydrogen (secondary N) is 1. The van der Waals surface area contributed by atoms with Gasteiger partial charge in [-0.3, -0.25) is 0 Å². The van der Waals surface area contributed by atoms with E-state index in [1.165, 1.54) is 5.56 Å². The third-order valence-electron chi connectivity index (χ3n) is 3.62. The zero-order chi connectivity index (χ0) is 15.3. The fraction of sp³-hybridized carbons (Fsp3) is 0.600. The van der Waals surface area contributed by atoms with Crippen molar-refractivity contribution in [3.05, 3.63) is 26.6 Å². The van der Waals surface area contributed by atoms with Gasteiger partial charge in [-0.2, -0.15) is 0 Å². The molecule has 0 amide bonds. The van der Waals surface area contributed by atoms with Crippen molar-refractivity contribution >= 4 is 31.9 Å². The van der Waals surface area contributed by atoms with Crippen molar-refractivity contribution < 1.29 is 14.2 Å². The van der Waals surface area contributed by atoms with Gasteiger partial charge in [0.15, 0.2) is 0 Å². The predicted octanol–water partition coefficient (Wildman–Crippen LogP) is 3.51. The molecule has 1 aromatic rings. The van der Waals surface area contributed by atoms with Crippen LogP contribution < -0.4 is 10.1 Å². The van der Waals surface area contributed by atoms with E-state index in [1.807, 2.05) is 6.92 Å². The molecule has 0 bridgehead atoms. The number of hydrogen-bond acceptors (Lipinski definition) is 4. The van der Waals surface area contributed by atoms with Crippen LogP contribution in [0.25, 0.3) is 0 Å². The van der Waals surface area contributed by atoms with E-state index >= 15 is 0 Å². The van der Waals surface area contributed by atoms with Crippen LogP contribution in [0.1, 0.15) is 18.9 Å². The van der Waals surface area contributed by atoms with Crippen LogP contribution >= 0.6 is 31.9 Å². The molecule has 1 unspecified atom stereocenters. The van der Waals surface area contributed by atoms with E-state index in [2.05, 4.69) is 49.3 Å².